The van der Waals surface area contributed by atoms with Crippen LogP contribution in [-0.4, -0.2) is 30.9 Å². The maximum absolute atomic E-state index is 12.8. The molecule has 2 amide bonds. The SMILES string of the molecule is O=C(COC(=O)CCc1cccs1)NCC(=O)Nc1ccc(F)cc1. The van der Waals surface area contributed by atoms with Gasteiger partial charge in [0.25, 0.3) is 5.91 Å². The molecule has 0 aliphatic heterocycles. The highest BCUT2D eigenvalue weighted by atomic mass is 32.1. The highest BCUT2D eigenvalue weighted by Gasteiger charge is 2.10. The zero-order valence-corrected chi connectivity index (χ0v) is 14.1. The van der Waals surface area contributed by atoms with Gasteiger partial charge in [0.05, 0.1) is 13.0 Å². The van der Waals surface area contributed by atoms with E-state index in [1.54, 1.807) is 11.3 Å². The Bertz CT molecular complexity index is 717. The van der Waals surface area contributed by atoms with Crippen molar-refractivity contribution in [2.24, 2.45) is 0 Å². The van der Waals surface area contributed by atoms with Crippen molar-refractivity contribution >= 4 is 34.8 Å². The summed E-state index contributed by atoms with van der Waals surface area (Å²) in [4.78, 5) is 35.8. The third-order valence-electron chi connectivity index (χ3n) is 3.09. The number of esters is 1. The van der Waals surface area contributed by atoms with Gasteiger partial charge >= 0.3 is 5.97 Å². The molecule has 0 fully saturated rings. The molecule has 6 nitrogen and oxygen atoms in total. The predicted molar refractivity (Wildman–Crippen MR) is 91.6 cm³/mol. The van der Waals surface area contributed by atoms with E-state index in [1.165, 1.54) is 24.3 Å². The van der Waals surface area contributed by atoms with Gasteiger partial charge in [-0.3, -0.25) is 14.4 Å². The minimum atomic E-state index is -0.571. The minimum Gasteiger partial charge on any atom is -0.456 e. The second-order valence-corrected chi connectivity index (χ2v) is 6.10. The van der Waals surface area contributed by atoms with Crippen LogP contribution in [0.15, 0.2) is 41.8 Å². The van der Waals surface area contributed by atoms with Gasteiger partial charge in [-0.1, -0.05) is 6.07 Å². The molecule has 1 heterocycles. The van der Waals surface area contributed by atoms with Crippen molar-refractivity contribution in [2.75, 3.05) is 18.5 Å². The quantitative estimate of drug-likeness (QED) is 0.703. The summed E-state index contributed by atoms with van der Waals surface area (Å²) in [5.74, 6) is -1.92. The molecule has 2 rings (SSSR count). The molecule has 8 heteroatoms. The van der Waals surface area contributed by atoms with Gasteiger partial charge in [-0.05, 0) is 42.1 Å². The summed E-state index contributed by atoms with van der Waals surface area (Å²) in [7, 11) is 0. The first-order chi connectivity index (χ1) is 12.0. The molecule has 0 spiro atoms. The van der Waals surface area contributed by atoms with E-state index >= 15 is 0 Å². The monoisotopic (exact) mass is 364 g/mol. The lowest BCUT2D eigenvalue weighted by Crippen LogP contribution is -2.35. The number of ether oxygens (including phenoxy) is 1. The first kappa shape index (κ1) is 18.6. The van der Waals surface area contributed by atoms with E-state index in [-0.39, 0.29) is 13.0 Å². The Labute approximate surface area is 148 Å². The Balaban J connectivity index is 1.60. The van der Waals surface area contributed by atoms with Crippen LogP contribution in [0.25, 0.3) is 0 Å². The highest BCUT2D eigenvalue weighted by molar-refractivity contribution is 7.09. The molecule has 0 atom stereocenters. The van der Waals surface area contributed by atoms with Crippen LogP contribution in [0.3, 0.4) is 0 Å². The van der Waals surface area contributed by atoms with Crippen molar-refractivity contribution in [1.29, 1.82) is 0 Å². The Hall–Kier alpha value is -2.74. The molecule has 2 N–H and O–H groups in total. The normalized spacial score (nSPS) is 10.1. The maximum Gasteiger partial charge on any atom is 0.306 e. The van der Waals surface area contributed by atoms with Crippen molar-refractivity contribution < 1.29 is 23.5 Å². The molecular weight excluding hydrogens is 347 g/mol. The Morgan fingerprint density at radius 1 is 1.08 bits per heavy atom. The van der Waals surface area contributed by atoms with Crippen LogP contribution in [0.5, 0.6) is 0 Å². The average molecular weight is 364 g/mol. The number of anilines is 1. The van der Waals surface area contributed by atoms with Gasteiger partial charge in [-0.15, -0.1) is 11.3 Å². The van der Waals surface area contributed by atoms with Gasteiger partial charge in [-0.25, -0.2) is 4.39 Å². The summed E-state index contributed by atoms with van der Waals surface area (Å²) < 4.78 is 17.6. The zero-order chi connectivity index (χ0) is 18.1. The fraction of sp³-hybridized carbons (Fsp3) is 0.235. The summed E-state index contributed by atoms with van der Waals surface area (Å²) in [5, 5.41) is 6.76. The predicted octanol–water partition coefficient (Wildman–Crippen LogP) is 2.12. The van der Waals surface area contributed by atoms with Gasteiger partial charge < -0.3 is 15.4 Å². The molecule has 0 radical (unpaired) electrons. The number of benzene rings is 1. The third kappa shape index (κ3) is 7.13. The van der Waals surface area contributed by atoms with Crippen LogP contribution in [0.4, 0.5) is 10.1 Å². The standard InChI is InChI=1S/C17H17FN2O4S/c18-12-3-5-13(6-4-12)20-15(21)10-19-16(22)11-24-17(23)8-7-14-2-1-9-25-14/h1-6,9H,7-8,10-11H2,(H,19,22)(H,20,21). The Morgan fingerprint density at radius 3 is 2.52 bits per heavy atom. The summed E-state index contributed by atoms with van der Waals surface area (Å²) in [5.41, 5.74) is 0.417. The van der Waals surface area contributed by atoms with E-state index in [1.807, 2.05) is 17.5 Å². The topological polar surface area (TPSA) is 84.5 Å². The minimum absolute atomic E-state index is 0.193. The lowest BCUT2D eigenvalue weighted by atomic mass is 10.3. The fourth-order valence-electron chi connectivity index (χ4n) is 1.87. The number of amides is 2. The van der Waals surface area contributed by atoms with Gasteiger partial charge in [0, 0.05) is 10.6 Å². The van der Waals surface area contributed by atoms with Crippen molar-refractivity contribution in [1.82, 2.24) is 5.32 Å². The number of hydrogen-bond donors (Lipinski definition) is 2. The average Bonchev–Trinajstić information content (AvgIpc) is 3.12. The van der Waals surface area contributed by atoms with Gasteiger partial charge in [0.2, 0.25) is 5.91 Å². The molecule has 0 saturated heterocycles. The second-order valence-electron chi connectivity index (χ2n) is 5.07. The molecule has 132 valence electrons. The van der Waals surface area contributed by atoms with Gasteiger partial charge in [0.1, 0.15) is 5.82 Å². The van der Waals surface area contributed by atoms with E-state index in [0.29, 0.717) is 12.1 Å². The largest absolute Gasteiger partial charge is 0.456 e. The number of carbonyl (C=O) groups is 3. The van der Waals surface area contributed by atoms with Crippen molar-refractivity contribution in [3.8, 4) is 0 Å². The van der Waals surface area contributed by atoms with Crippen LogP contribution in [-0.2, 0) is 25.5 Å². The fourth-order valence-corrected chi connectivity index (χ4v) is 2.58. The number of rotatable bonds is 8. The number of thiophene rings is 1. The molecule has 0 saturated carbocycles. The summed E-state index contributed by atoms with van der Waals surface area (Å²) in [6.45, 7) is -0.712. The molecule has 25 heavy (non-hydrogen) atoms. The van der Waals surface area contributed by atoms with Crippen LogP contribution in [0.1, 0.15) is 11.3 Å². The zero-order valence-electron chi connectivity index (χ0n) is 13.3. The number of carbonyl (C=O) groups excluding carboxylic acids is 3. The number of aryl methyl sites for hydroxylation is 1. The van der Waals surface area contributed by atoms with E-state index in [4.69, 9.17) is 4.74 Å². The van der Waals surface area contributed by atoms with Gasteiger partial charge in [0.15, 0.2) is 6.61 Å². The molecule has 1 aromatic heterocycles. The number of hydrogen-bond acceptors (Lipinski definition) is 5. The summed E-state index contributed by atoms with van der Waals surface area (Å²) in [6, 6.07) is 9.06. The van der Waals surface area contributed by atoms with Crippen LogP contribution in [0.2, 0.25) is 0 Å². The summed E-state index contributed by atoms with van der Waals surface area (Å²) >= 11 is 1.55. The third-order valence-corrected chi connectivity index (χ3v) is 4.03. The molecule has 0 unspecified atom stereocenters. The van der Waals surface area contributed by atoms with Crippen LogP contribution in [0, 0.1) is 5.82 Å². The molecule has 2 aromatic rings. The van der Waals surface area contributed by atoms with Crippen LogP contribution >= 0.6 is 11.3 Å². The maximum atomic E-state index is 12.8. The number of halogens is 1. The Morgan fingerprint density at radius 2 is 1.84 bits per heavy atom. The first-order valence-corrected chi connectivity index (χ1v) is 8.41. The Kier molecular flexibility index (Phi) is 7.09. The first-order valence-electron chi connectivity index (χ1n) is 7.53. The van der Waals surface area contributed by atoms with E-state index in [0.717, 1.165) is 4.88 Å². The molecule has 0 aliphatic rings. The van der Waals surface area contributed by atoms with Crippen molar-refractivity contribution in [3.63, 3.8) is 0 Å². The smallest absolute Gasteiger partial charge is 0.306 e. The van der Waals surface area contributed by atoms with Crippen molar-refractivity contribution in [3.05, 3.63) is 52.5 Å². The molecule has 0 aliphatic carbocycles. The lowest BCUT2D eigenvalue weighted by molar-refractivity contribution is -0.148. The highest BCUT2D eigenvalue weighted by Crippen LogP contribution is 2.11. The second kappa shape index (κ2) is 9.53. The van der Waals surface area contributed by atoms with Gasteiger partial charge in [-0.2, -0.15) is 0 Å². The van der Waals surface area contributed by atoms with E-state index in [2.05, 4.69) is 10.6 Å². The lowest BCUT2D eigenvalue weighted by Gasteiger charge is -2.07. The van der Waals surface area contributed by atoms with Crippen LogP contribution < -0.4 is 10.6 Å². The molecule has 1 aromatic carbocycles. The summed E-state index contributed by atoms with van der Waals surface area (Å²) in [6.07, 6.45) is 0.761. The van der Waals surface area contributed by atoms with E-state index in [9.17, 15) is 18.8 Å². The molecular formula is C17H17FN2O4S. The molecule has 0 bridgehead atoms. The van der Waals surface area contributed by atoms with Crippen molar-refractivity contribution in [2.45, 2.75) is 12.8 Å². The van der Waals surface area contributed by atoms with E-state index < -0.39 is 30.2 Å². The number of nitrogens with one attached hydrogen (secondary N) is 2.